The van der Waals surface area contributed by atoms with E-state index in [0.717, 1.165) is 19.6 Å². The fraction of sp³-hybridized carbons (Fsp3) is 0.455. The number of ether oxygens (including phenoxy) is 1. The van der Waals surface area contributed by atoms with Crippen molar-refractivity contribution in [2.24, 2.45) is 0 Å². The number of nitrogens with zero attached hydrogens (tertiary/aromatic N) is 1. The standard InChI is InChI=1S/C11H15NO/c1-2-11-12(8-9-13-11)10-6-4-3-5-7-10/h3-7,11H,2,8-9H2,1H3/t11-/m1/s1. The molecule has 1 aromatic carbocycles. The van der Waals surface area contributed by atoms with Gasteiger partial charge in [0.05, 0.1) is 6.61 Å². The summed E-state index contributed by atoms with van der Waals surface area (Å²) in [6, 6.07) is 10.5. The normalized spacial score (nSPS) is 22.2. The Morgan fingerprint density at radius 3 is 2.85 bits per heavy atom. The van der Waals surface area contributed by atoms with Gasteiger partial charge < -0.3 is 9.64 Å². The van der Waals surface area contributed by atoms with Crippen molar-refractivity contribution in [3.8, 4) is 0 Å². The summed E-state index contributed by atoms with van der Waals surface area (Å²) < 4.78 is 5.60. The van der Waals surface area contributed by atoms with Gasteiger partial charge in [-0.2, -0.15) is 0 Å². The van der Waals surface area contributed by atoms with Crippen LogP contribution in [0.15, 0.2) is 30.3 Å². The highest BCUT2D eigenvalue weighted by Crippen LogP contribution is 2.22. The van der Waals surface area contributed by atoms with Crippen molar-refractivity contribution in [1.82, 2.24) is 0 Å². The molecule has 1 aliphatic heterocycles. The van der Waals surface area contributed by atoms with E-state index in [1.54, 1.807) is 0 Å². The molecule has 1 aromatic rings. The van der Waals surface area contributed by atoms with E-state index < -0.39 is 0 Å². The van der Waals surface area contributed by atoms with Crippen molar-refractivity contribution >= 4 is 5.69 Å². The Morgan fingerprint density at radius 1 is 1.38 bits per heavy atom. The van der Waals surface area contributed by atoms with Gasteiger partial charge in [0.15, 0.2) is 0 Å². The first-order valence-electron chi connectivity index (χ1n) is 4.85. The van der Waals surface area contributed by atoms with Crippen LogP contribution >= 0.6 is 0 Å². The molecule has 2 nitrogen and oxygen atoms in total. The molecule has 0 N–H and O–H groups in total. The third-order valence-corrected chi connectivity index (χ3v) is 2.43. The molecule has 1 atom stereocenters. The molecule has 0 radical (unpaired) electrons. The van der Waals surface area contributed by atoms with Gasteiger partial charge in [-0.15, -0.1) is 0 Å². The molecule has 2 heteroatoms. The van der Waals surface area contributed by atoms with Crippen LogP contribution < -0.4 is 4.90 Å². The lowest BCUT2D eigenvalue weighted by molar-refractivity contribution is 0.110. The largest absolute Gasteiger partial charge is 0.357 e. The molecule has 0 aliphatic carbocycles. The van der Waals surface area contributed by atoms with Gasteiger partial charge in [-0.05, 0) is 18.6 Å². The molecule has 1 saturated heterocycles. The number of anilines is 1. The van der Waals surface area contributed by atoms with Crippen molar-refractivity contribution in [1.29, 1.82) is 0 Å². The van der Waals surface area contributed by atoms with Crippen molar-refractivity contribution in [2.45, 2.75) is 19.6 Å². The minimum absolute atomic E-state index is 0.280. The highest BCUT2D eigenvalue weighted by atomic mass is 16.5. The van der Waals surface area contributed by atoms with Crippen LogP contribution in [-0.2, 0) is 4.74 Å². The average Bonchev–Trinajstić information content (AvgIpc) is 2.67. The van der Waals surface area contributed by atoms with Crippen molar-refractivity contribution in [3.63, 3.8) is 0 Å². The van der Waals surface area contributed by atoms with Crippen LogP contribution in [0.1, 0.15) is 13.3 Å². The molecule has 1 heterocycles. The molecule has 13 heavy (non-hydrogen) atoms. The SMILES string of the molecule is CC[C@H]1OCCN1c1ccccc1. The number of para-hydroxylation sites is 1. The van der Waals surface area contributed by atoms with Crippen molar-refractivity contribution < 1.29 is 4.74 Å². The van der Waals surface area contributed by atoms with E-state index in [-0.39, 0.29) is 6.23 Å². The summed E-state index contributed by atoms with van der Waals surface area (Å²) in [4.78, 5) is 2.32. The van der Waals surface area contributed by atoms with Gasteiger partial charge in [0.25, 0.3) is 0 Å². The Hall–Kier alpha value is -1.02. The van der Waals surface area contributed by atoms with E-state index in [0.29, 0.717) is 0 Å². The Bertz CT molecular complexity index is 260. The molecule has 2 rings (SSSR count). The van der Waals surface area contributed by atoms with Crippen molar-refractivity contribution in [2.75, 3.05) is 18.1 Å². The molecule has 0 amide bonds. The second-order valence-electron chi connectivity index (χ2n) is 3.26. The topological polar surface area (TPSA) is 12.5 Å². The van der Waals surface area contributed by atoms with Crippen LogP contribution in [0.25, 0.3) is 0 Å². The zero-order valence-electron chi connectivity index (χ0n) is 7.94. The van der Waals surface area contributed by atoms with Crippen molar-refractivity contribution in [3.05, 3.63) is 30.3 Å². The summed E-state index contributed by atoms with van der Waals surface area (Å²) in [5.41, 5.74) is 1.27. The molecular weight excluding hydrogens is 162 g/mol. The number of benzene rings is 1. The smallest absolute Gasteiger partial charge is 0.130 e. The van der Waals surface area contributed by atoms with Gasteiger partial charge in [-0.1, -0.05) is 25.1 Å². The zero-order valence-corrected chi connectivity index (χ0v) is 7.94. The first-order valence-corrected chi connectivity index (χ1v) is 4.85. The van der Waals surface area contributed by atoms with Gasteiger partial charge in [-0.3, -0.25) is 0 Å². The molecule has 1 aliphatic rings. The summed E-state index contributed by atoms with van der Waals surface area (Å²) in [6.45, 7) is 4.03. The minimum Gasteiger partial charge on any atom is -0.357 e. The summed E-state index contributed by atoms with van der Waals surface area (Å²) in [7, 11) is 0. The summed E-state index contributed by atoms with van der Waals surface area (Å²) in [5, 5.41) is 0. The summed E-state index contributed by atoms with van der Waals surface area (Å²) in [6.07, 6.45) is 1.33. The van der Waals surface area contributed by atoms with Gasteiger partial charge in [0, 0.05) is 12.2 Å². The monoisotopic (exact) mass is 177 g/mol. The van der Waals surface area contributed by atoms with Gasteiger partial charge >= 0.3 is 0 Å². The molecule has 1 fully saturated rings. The predicted molar refractivity (Wildman–Crippen MR) is 53.8 cm³/mol. The molecule has 70 valence electrons. The lowest BCUT2D eigenvalue weighted by Gasteiger charge is -2.23. The fourth-order valence-electron chi connectivity index (χ4n) is 1.77. The lowest BCUT2D eigenvalue weighted by Crippen LogP contribution is -2.29. The second-order valence-corrected chi connectivity index (χ2v) is 3.26. The van der Waals surface area contributed by atoms with Crippen LogP contribution in [0.2, 0.25) is 0 Å². The van der Waals surface area contributed by atoms with Crippen LogP contribution in [0.4, 0.5) is 5.69 Å². The number of hydrogen-bond acceptors (Lipinski definition) is 2. The third-order valence-electron chi connectivity index (χ3n) is 2.43. The Balaban J connectivity index is 2.16. The molecule has 0 bridgehead atoms. The van der Waals surface area contributed by atoms with E-state index >= 15 is 0 Å². The van der Waals surface area contributed by atoms with Crippen LogP contribution in [-0.4, -0.2) is 19.4 Å². The van der Waals surface area contributed by atoms with E-state index in [1.165, 1.54) is 5.69 Å². The van der Waals surface area contributed by atoms with E-state index in [9.17, 15) is 0 Å². The molecule has 0 spiro atoms. The summed E-state index contributed by atoms with van der Waals surface area (Å²) >= 11 is 0. The quantitative estimate of drug-likeness (QED) is 0.687. The molecule has 0 aromatic heterocycles. The minimum atomic E-state index is 0.280. The highest BCUT2D eigenvalue weighted by molar-refractivity contribution is 5.47. The van der Waals surface area contributed by atoms with E-state index in [1.807, 2.05) is 6.07 Å². The van der Waals surface area contributed by atoms with Crippen LogP contribution in [0.5, 0.6) is 0 Å². The third kappa shape index (κ3) is 1.68. The maximum atomic E-state index is 5.60. The average molecular weight is 177 g/mol. The molecule has 0 unspecified atom stereocenters. The first-order chi connectivity index (χ1) is 6.42. The molecule has 0 saturated carbocycles. The Kier molecular flexibility index (Phi) is 2.50. The Morgan fingerprint density at radius 2 is 2.15 bits per heavy atom. The number of rotatable bonds is 2. The van der Waals surface area contributed by atoms with Gasteiger partial charge in [-0.25, -0.2) is 0 Å². The highest BCUT2D eigenvalue weighted by Gasteiger charge is 2.23. The first kappa shape index (κ1) is 8.57. The fourth-order valence-corrected chi connectivity index (χ4v) is 1.77. The predicted octanol–water partition coefficient (Wildman–Crippen LogP) is 2.26. The van der Waals surface area contributed by atoms with Crippen LogP contribution in [0.3, 0.4) is 0 Å². The van der Waals surface area contributed by atoms with E-state index in [4.69, 9.17) is 4.74 Å². The maximum Gasteiger partial charge on any atom is 0.130 e. The van der Waals surface area contributed by atoms with Gasteiger partial charge in [0.2, 0.25) is 0 Å². The number of hydrogen-bond donors (Lipinski definition) is 0. The second kappa shape index (κ2) is 3.79. The zero-order chi connectivity index (χ0) is 9.10. The maximum absolute atomic E-state index is 5.60. The van der Waals surface area contributed by atoms with Gasteiger partial charge in [0.1, 0.15) is 6.23 Å². The van der Waals surface area contributed by atoms with Crippen LogP contribution in [0, 0.1) is 0 Å². The Labute approximate surface area is 79.1 Å². The molecular formula is C11H15NO. The van der Waals surface area contributed by atoms with E-state index in [2.05, 4.69) is 36.1 Å². The summed E-state index contributed by atoms with van der Waals surface area (Å²) in [5.74, 6) is 0. The lowest BCUT2D eigenvalue weighted by atomic mass is 10.2.